The highest BCUT2D eigenvalue weighted by Crippen LogP contribution is 2.39. The fourth-order valence-corrected chi connectivity index (χ4v) is 8.24. The average Bonchev–Trinajstić information content (AvgIpc) is 3.01. The summed E-state index contributed by atoms with van der Waals surface area (Å²) in [6, 6.07) is 16.0. The van der Waals surface area contributed by atoms with Crippen LogP contribution in [-0.2, 0) is 34.0 Å². The monoisotopic (exact) mass is 627 g/mol. The topological polar surface area (TPSA) is 79.0 Å². The Morgan fingerprint density at radius 1 is 0.932 bits per heavy atom. The highest BCUT2D eigenvalue weighted by atomic mass is 32.2. The number of alkyl halides is 3. The first kappa shape index (κ1) is 30.6. The molecule has 0 bridgehead atoms. The lowest BCUT2D eigenvalue weighted by atomic mass is 9.92. The number of carbonyl (C=O) groups is 1. The summed E-state index contributed by atoms with van der Waals surface area (Å²) in [4.78, 5) is 15.6. The number of benzene rings is 3. The van der Waals surface area contributed by atoms with Crippen LogP contribution >= 0.6 is 0 Å². The van der Waals surface area contributed by atoms with Crippen molar-refractivity contribution in [2.45, 2.75) is 68.2 Å². The maximum Gasteiger partial charge on any atom is 0.416 e. The maximum atomic E-state index is 13.8. The van der Waals surface area contributed by atoms with Gasteiger partial charge in [0.15, 0.2) is 0 Å². The predicted octanol–water partition coefficient (Wildman–Crippen LogP) is 6.01. The van der Waals surface area contributed by atoms with E-state index in [0.717, 1.165) is 54.2 Å². The van der Waals surface area contributed by atoms with Crippen molar-refractivity contribution < 1.29 is 31.1 Å². The molecule has 1 amide bonds. The molecule has 11 heteroatoms. The SMILES string of the molecule is O=C(C[C@@H]1c2ccccc2CCN1S(=O)(=O)c1cccc(C(F)(F)F)c1)N[C@@H]1CCOc2cc(CN3CCCCC3)ccc21. The van der Waals surface area contributed by atoms with E-state index in [1.807, 2.05) is 24.3 Å². The second kappa shape index (κ2) is 12.5. The van der Waals surface area contributed by atoms with Crippen LogP contribution in [-0.4, -0.2) is 49.8 Å². The molecule has 1 saturated heterocycles. The molecule has 7 nitrogen and oxygen atoms in total. The molecule has 0 spiro atoms. The van der Waals surface area contributed by atoms with Crippen LogP contribution in [0.3, 0.4) is 0 Å². The number of likely N-dealkylation sites (tertiary alicyclic amines) is 1. The van der Waals surface area contributed by atoms with Crippen molar-refractivity contribution in [3.8, 4) is 5.75 Å². The van der Waals surface area contributed by atoms with Gasteiger partial charge in [-0.15, -0.1) is 0 Å². The van der Waals surface area contributed by atoms with E-state index in [-0.39, 0.29) is 24.9 Å². The number of halogens is 3. The van der Waals surface area contributed by atoms with Gasteiger partial charge in [0.25, 0.3) is 0 Å². The minimum absolute atomic E-state index is 0.0490. The van der Waals surface area contributed by atoms with Crippen LogP contribution in [0.25, 0.3) is 0 Å². The van der Waals surface area contributed by atoms with E-state index in [1.54, 1.807) is 12.1 Å². The third-order valence-electron chi connectivity index (χ3n) is 8.82. The summed E-state index contributed by atoms with van der Waals surface area (Å²) in [5.74, 6) is 0.402. The quantitative estimate of drug-likeness (QED) is 0.347. The Hall–Kier alpha value is -3.41. The molecular weight excluding hydrogens is 591 g/mol. The Bertz CT molecular complexity index is 1620. The van der Waals surface area contributed by atoms with Crippen LogP contribution in [0.1, 0.15) is 72.0 Å². The Morgan fingerprint density at radius 3 is 2.52 bits per heavy atom. The van der Waals surface area contributed by atoms with Gasteiger partial charge in [-0.1, -0.05) is 48.9 Å². The summed E-state index contributed by atoms with van der Waals surface area (Å²) in [5.41, 5.74) is 2.59. The Labute approximate surface area is 256 Å². The van der Waals surface area contributed by atoms with Gasteiger partial charge in [0.2, 0.25) is 15.9 Å². The van der Waals surface area contributed by atoms with Crippen LogP contribution in [0.15, 0.2) is 71.6 Å². The molecule has 44 heavy (non-hydrogen) atoms. The molecule has 0 aliphatic carbocycles. The van der Waals surface area contributed by atoms with Crippen molar-refractivity contribution in [3.63, 3.8) is 0 Å². The number of hydrogen-bond donors (Lipinski definition) is 1. The summed E-state index contributed by atoms with van der Waals surface area (Å²) >= 11 is 0. The molecule has 0 aromatic heterocycles. The standard InChI is InChI=1S/C33H36F3N3O4S/c34-33(35,36)25-8-6-9-26(20-25)44(41,42)39-17-13-24-7-2-3-10-27(24)30(39)21-32(40)37-29-14-18-43-31-19-23(11-12-28(29)31)22-38-15-4-1-5-16-38/h2-3,6-12,19-20,29-30H,1,4-5,13-18,21-22H2,(H,37,40)/t29-,30-/m1/s1. The molecule has 1 fully saturated rings. The molecule has 2 atom stereocenters. The number of sulfonamides is 1. The first-order chi connectivity index (χ1) is 21.1. The van der Waals surface area contributed by atoms with Gasteiger partial charge in [-0.25, -0.2) is 8.42 Å². The molecule has 1 N–H and O–H groups in total. The molecule has 234 valence electrons. The predicted molar refractivity (Wildman–Crippen MR) is 159 cm³/mol. The van der Waals surface area contributed by atoms with Crippen molar-refractivity contribution in [2.75, 3.05) is 26.2 Å². The number of ether oxygens (including phenoxy) is 1. The van der Waals surface area contributed by atoms with Crippen molar-refractivity contribution >= 4 is 15.9 Å². The van der Waals surface area contributed by atoms with E-state index < -0.39 is 32.7 Å². The third-order valence-corrected chi connectivity index (χ3v) is 10.7. The number of carbonyl (C=O) groups excluding carboxylic acids is 1. The van der Waals surface area contributed by atoms with Gasteiger partial charge in [-0.05, 0) is 73.3 Å². The molecule has 3 heterocycles. The number of rotatable bonds is 7. The molecule has 0 radical (unpaired) electrons. The number of amides is 1. The minimum Gasteiger partial charge on any atom is -0.493 e. The van der Waals surface area contributed by atoms with Gasteiger partial charge in [0.1, 0.15) is 5.75 Å². The molecular formula is C33H36F3N3O4S. The van der Waals surface area contributed by atoms with E-state index in [2.05, 4.69) is 16.3 Å². The van der Waals surface area contributed by atoms with Gasteiger partial charge in [-0.3, -0.25) is 9.69 Å². The second-order valence-electron chi connectivity index (χ2n) is 11.8. The van der Waals surface area contributed by atoms with Crippen LogP contribution in [0.2, 0.25) is 0 Å². The smallest absolute Gasteiger partial charge is 0.416 e. The largest absolute Gasteiger partial charge is 0.493 e. The number of hydrogen-bond acceptors (Lipinski definition) is 5. The van der Waals surface area contributed by atoms with E-state index in [1.165, 1.54) is 29.6 Å². The summed E-state index contributed by atoms with van der Waals surface area (Å²) < 4.78 is 75.0. The number of fused-ring (bicyclic) bond motifs is 2. The average molecular weight is 628 g/mol. The minimum atomic E-state index is -4.69. The zero-order valence-electron chi connectivity index (χ0n) is 24.4. The number of nitrogens with one attached hydrogen (secondary N) is 1. The van der Waals surface area contributed by atoms with Crippen molar-refractivity contribution in [1.29, 1.82) is 0 Å². The van der Waals surface area contributed by atoms with Crippen LogP contribution in [0, 0.1) is 0 Å². The van der Waals surface area contributed by atoms with Gasteiger partial charge in [0.05, 0.1) is 29.1 Å². The molecule has 3 aliphatic rings. The molecule has 3 aliphatic heterocycles. The van der Waals surface area contributed by atoms with Gasteiger partial charge in [0, 0.05) is 31.5 Å². The fourth-order valence-electron chi connectivity index (χ4n) is 6.58. The number of nitrogens with zero attached hydrogens (tertiary/aromatic N) is 2. The Morgan fingerprint density at radius 2 is 1.73 bits per heavy atom. The van der Waals surface area contributed by atoms with E-state index >= 15 is 0 Å². The first-order valence-corrected chi connectivity index (χ1v) is 16.6. The van der Waals surface area contributed by atoms with Crippen molar-refractivity contribution in [2.24, 2.45) is 0 Å². The Balaban J connectivity index is 1.22. The van der Waals surface area contributed by atoms with Crippen LogP contribution in [0.4, 0.5) is 13.2 Å². The lowest BCUT2D eigenvalue weighted by Gasteiger charge is -2.36. The lowest BCUT2D eigenvalue weighted by molar-refractivity contribution is -0.137. The zero-order chi connectivity index (χ0) is 30.9. The van der Waals surface area contributed by atoms with Gasteiger partial charge in [-0.2, -0.15) is 17.5 Å². The fraction of sp³-hybridized carbons (Fsp3) is 0.424. The molecule has 3 aromatic carbocycles. The third kappa shape index (κ3) is 6.50. The van der Waals surface area contributed by atoms with E-state index in [0.29, 0.717) is 31.1 Å². The Kier molecular flexibility index (Phi) is 8.72. The van der Waals surface area contributed by atoms with E-state index in [9.17, 15) is 26.4 Å². The maximum absolute atomic E-state index is 13.8. The molecule has 6 rings (SSSR count). The highest BCUT2D eigenvalue weighted by Gasteiger charge is 2.39. The van der Waals surface area contributed by atoms with Gasteiger partial charge >= 0.3 is 6.18 Å². The normalized spacial score (nSPS) is 21.2. The van der Waals surface area contributed by atoms with Crippen molar-refractivity contribution in [3.05, 3.63) is 94.5 Å². The first-order valence-electron chi connectivity index (χ1n) is 15.1. The molecule has 0 unspecified atom stereocenters. The van der Waals surface area contributed by atoms with Gasteiger partial charge < -0.3 is 10.1 Å². The second-order valence-corrected chi connectivity index (χ2v) is 13.7. The zero-order valence-corrected chi connectivity index (χ0v) is 25.2. The van der Waals surface area contributed by atoms with E-state index in [4.69, 9.17) is 4.74 Å². The summed E-state index contributed by atoms with van der Waals surface area (Å²) in [5, 5.41) is 3.10. The highest BCUT2D eigenvalue weighted by molar-refractivity contribution is 7.89. The summed E-state index contributed by atoms with van der Waals surface area (Å²) in [6.07, 6.45) is -0.216. The molecule has 0 saturated carbocycles. The van der Waals surface area contributed by atoms with Crippen molar-refractivity contribution in [1.82, 2.24) is 14.5 Å². The number of piperidine rings is 1. The van der Waals surface area contributed by atoms with Crippen LogP contribution in [0.5, 0.6) is 5.75 Å². The van der Waals surface area contributed by atoms with Crippen LogP contribution < -0.4 is 10.1 Å². The molecule has 3 aromatic rings. The summed E-state index contributed by atoms with van der Waals surface area (Å²) in [7, 11) is -4.35. The lowest BCUT2D eigenvalue weighted by Crippen LogP contribution is -2.43. The summed E-state index contributed by atoms with van der Waals surface area (Å²) in [6.45, 7) is 3.51.